The molecule has 43 heavy (non-hydrogen) atoms. The number of carbonyl (C=O) groups is 2. The smallest absolute Gasteiger partial charge is 0.415 e. The molecule has 1 saturated carbocycles. The summed E-state index contributed by atoms with van der Waals surface area (Å²) in [5, 5.41) is 14.3. The Balaban J connectivity index is 1.34. The molecule has 1 aliphatic heterocycles. The zero-order valence-electron chi connectivity index (χ0n) is 23.6. The van der Waals surface area contributed by atoms with Gasteiger partial charge in [-0.15, -0.1) is 0 Å². The van der Waals surface area contributed by atoms with Crippen molar-refractivity contribution in [2.45, 2.75) is 42.4 Å². The molecule has 3 atom stereocenters. The second kappa shape index (κ2) is 13.1. The molecule has 3 aromatic carbocycles. The molecule has 1 aliphatic carbocycles. The fraction of sp³-hybridized carbons (Fsp3) is 0.355. The Labute approximate surface area is 250 Å². The molecule has 2 fully saturated rings. The average Bonchev–Trinajstić information content (AvgIpc) is 3.74. The van der Waals surface area contributed by atoms with Crippen LogP contribution in [0.1, 0.15) is 18.4 Å². The number of amides is 2. The quantitative estimate of drug-likeness (QED) is 0.304. The summed E-state index contributed by atoms with van der Waals surface area (Å²) in [5.41, 5.74) is 1.06. The molecule has 1 saturated heterocycles. The predicted octanol–water partition coefficient (Wildman–Crippen LogP) is 3.35. The number of carbonyl (C=O) groups excluding carboxylic acids is 2. The molecule has 2 aliphatic rings. The minimum absolute atomic E-state index is 0.0695. The maximum Gasteiger partial charge on any atom is 0.415 e. The molecule has 10 nitrogen and oxygen atoms in total. The minimum Gasteiger partial charge on any atom is -0.497 e. The summed E-state index contributed by atoms with van der Waals surface area (Å²) in [7, 11) is -2.48. The van der Waals surface area contributed by atoms with Gasteiger partial charge in [-0.1, -0.05) is 36.4 Å². The lowest BCUT2D eigenvalue weighted by atomic mass is 10.0. The number of benzene rings is 3. The number of nitrogens with one attached hydrogen (secondary N) is 1. The van der Waals surface area contributed by atoms with Crippen molar-refractivity contribution in [2.75, 3.05) is 31.6 Å². The molecule has 0 aromatic heterocycles. The van der Waals surface area contributed by atoms with E-state index in [1.165, 1.54) is 47.8 Å². The fourth-order valence-electron chi connectivity index (χ4n) is 4.97. The number of methoxy groups -OCH3 is 1. The number of rotatable bonds is 13. The largest absolute Gasteiger partial charge is 0.497 e. The van der Waals surface area contributed by atoms with Crippen molar-refractivity contribution >= 4 is 27.7 Å². The molecule has 2 amide bonds. The van der Waals surface area contributed by atoms with E-state index in [0.717, 1.165) is 23.3 Å². The molecule has 0 unspecified atom stereocenters. The molecule has 3 aromatic rings. The van der Waals surface area contributed by atoms with Gasteiger partial charge in [0, 0.05) is 13.1 Å². The van der Waals surface area contributed by atoms with Crippen LogP contribution >= 0.6 is 0 Å². The zero-order valence-corrected chi connectivity index (χ0v) is 24.5. The number of aliphatic hydroxyl groups excluding tert-OH is 1. The van der Waals surface area contributed by atoms with Crippen LogP contribution in [-0.2, 0) is 26.0 Å². The maximum absolute atomic E-state index is 13.7. The SMILES string of the molecule is COc1ccc(S(=O)(=O)N(CC2CC2)C[C@@H](O)[C@H](Cc2ccccc2)NC(=O)[C@@H]2CN(c3cccc(F)c3)C(=O)O2)cc1. The van der Waals surface area contributed by atoms with Crippen molar-refractivity contribution in [3.8, 4) is 5.75 Å². The van der Waals surface area contributed by atoms with E-state index in [9.17, 15) is 27.5 Å². The first-order valence-electron chi connectivity index (χ1n) is 14.0. The van der Waals surface area contributed by atoms with Crippen LogP contribution in [-0.4, -0.2) is 74.8 Å². The highest BCUT2D eigenvalue weighted by molar-refractivity contribution is 7.89. The van der Waals surface area contributed by atoms with Crippen molar-refractivity contribution in [3.63, 3.8) is 0 Å². The van der Waals surface area contributed by atoms with E-state index in [4.69, 9.17) is 9.47 Å². The Morgan fingerprint density at radius 3 is 2.49 bits per heavy atom. The molecule has 0 radical (unpaired) electrons. The molecule has 228 valence electrons. The van der Waals surface area contributed by atoms with E-state index in [0.29, 0.717) is 5.75 Å². The first kappa shape index (κ1) is 30.5. The summed E-state index contributed by atoms with van der Waals surface area (Å²) in [4.78, 5) is 27.1. The summed E-state index contributed by atoms with van der Waals surface area (Å²) >= 11 is 0. The van der Waals surface area contributed by atoms with Crippen molar-refractivity contribution < 1.29 is 37.0 Å². The van der Waals surface area contributed by atoms with Gasteiger partial charge in [-0.3, -0.25) is 9.69 Å². The third kappa shape index (κ3) is 7.51. The number of cyclic esters (lactones) is 1. The standard InChI is InChI=1S/C31H34FN3O7S/c1-41-25-12-14-26(15-13-25)43(39,40)34(18-22-10-11-22)19-28(36)27(16-21-6-3-2-4-7-21)33-30(37)29-20-35(31(38)42-29)24-9-5-8-23(32)17-24/h2-9,12-15,17,22,27-29,36H,10-11,16,18-20H2,1H3,(H,33,37)/t27-,28+,29-/m0/s1. The Morgan fingerprint density at radius 1 is 1.12 bits per heavy atom. The number of aliphatic hydroxyl groups is 1. The molecule has 1 heterocycles. The van der Waals surface area contributed by atoms with Crippen molar-refractivity contribution in [1.29, 1.82) is 0 Å². The first-order chi connectivity index (χ1) is 20.6. The van der Waals surface area contributed by atoms with Gasteiger partial charge in [-0.25, -0.2) is 17.6 Å². The summed E-state index contributed by atoms with van der Waals surface area (Å²) < 4.78 is 52.8. The van der Waals surface area contributed by atoms with Crippen molar-refractivity contribution in [1.82, 2.24) is 9.62 Å². The van der Waals surface area contributed by atoms with E-state index in [2.05, 4.69) is 5.32 Å². The fourth-order valence-corrected chi connectivity index (χ4v) is 6.51. The molecule has 0 bridgehead atoms. The van der Waals surface area contributed by atoms with Gasteiger partial charge in [0.05, 0.1) is 36.4 Å². The van der Waals surface area contributed by atoms with Gasteiger partial charge in [-0.05, 0) is 73.2 Å². The molecular formula is C31H34FN3O7S. The van der Waals surface area contributed by atoms with E-state index < -0.39 is 46.1 Å². The number of hydrogen-bond acceptors (Lipinski definition) is 7. The van der Waals surface area contributed by atoms with Crippen LogP contribution < -0.4 is 15.0 Å². The summed E-state index contributed by atoms with van der Waals surface area (Å²) in [6, 6.07) is 19.7. The Bertz CT molecular complexity index is 1530. The topological polar surface area (TPSA) is 125 Å². The van der Waals surface area contributed by atoms with Crippen LogP contribution in [0.15, 0.2) is 83.8 Å². The van der Waals surface area contributed by atoms with E-state index in [1.54, 1.807) is 12.1 Å². The molecule has 5 rings (SSSR count). The highest BCUT2D eigenvalue weighted by Crippen LogP contribution is 2.32. The van der Waals surface area contributed by atoms with Gasteiger partial charge < -0.3 is 19.9 Å². The van der Waals surface area contributed by atoms with Crippen molar-refractivity contribution in [2.24, 2.45) is 5.92 Å². The van der Waals surface area contributed by atoms with Crippen molar-refractivity contribution in [3.05, 3.63) is 90.2 Å². The molecular weight excluding hydrogens is 577 g/mol. The number of ether oxygens (including phenoxy) is 2. The first-order valence-corrected chi connectivity index (χ1v) is 15.5. The third-order valence-electron chi connectivity index (χ3n) is 7.56. The van der Waals surface area contributed by atoms with Gasteiger partial charge in [0.1, 0.15) is 11.6 Å². The Kier molecular flexibility index (Phi) is 9.28. The van der Waals surface area contributed by atoms with E-state index in [-0.39, 0.29) is 42.6 Å². The second-order valence-corrected chi connectivity index (χ2v) is 12.7. The lowest BCUT2D eigenvalue weighted by molar-refractivity contribution is -0.129. The highest BCUT2D eigenvalue weighted by Gasteiger charge is 2.40. The van der Waals surface area contributed by atoms with Crippen LogP contribution in [0.2, 0.25) is 0 Å². The lowest BCUT2D eigenvalue weighted by Gasteiger charge is -2.30. The average molecular weight is 612 g/mol. The normalized spacial score (nSPS) is 18.3. The number of hydrogen-bond donors (Lipinski definition) is 2. The van der Waals surface area contributed by atoms with Gasteiger partial charge in [-0.2, -0.15) is 4.31 Å². The van der Waals surface area contributed by atoms with Crippen LogP contribution in [0.3, 0.4) is 0 Å². The van der Waals surface area contributed by atoms with E-state index in [1.807, 2.05) is 30.3 Å². The predicted molar refractivity (Wildman–Crippen MR) is 157 cm³/mol. The van der Waals surface area contributed by atoms with Gasteiger partial charge in [0.15, 0.2) is 6.10 Å². The monoisotopic (exact) mass is 611 g/mol. The Morgan fingerprint density at radius 2 is 1.84 bits per heavy atom. The lowest BCUT2D eigenvalue weighted by Crippen LogP contribution is -2.53. The highest BCUT2D eigenvalue weighted by atomic mass is 32.2. The van der Waals surface area contributed by atoms with E-state index >= 15 is 0 Å². The van der Waals surface area contributed by atoms with Crippen LogP contribution in [0.4, 0.5) is 14.9 Å². The molecule has 0 spiro atoms. The minimum atomic E-state index is -3.98. The van der Waals surface area contributed by atoms with Gasteiger partial charge >= 0.3 is 6.09 Å². The Hall–Kier alpha value is -4.00. The van der Waals surface area contributed by atoms with Crippen LogP contribution in [0.5, 0.6) is 5.75 Å². The molecule has 12 heteroatoms. The van der Waals surface area contributed by atoms with Crippen LogP contribution in [0.25, 0.3) is 0 Å². The number of anilines is 1. The van der Waals surface area contributed by atoms with Crippen LogP contribution in [0, 0.1) is 11.7 Å². The maximum atomic E-state index is 13.7. The second-order valence-electron chi connectivity index (χ2n) is 10.8. The molecule has 2 N–H and O–H groups in total. The summed E-state index contributed by atoms with van der Waals surface area (Å²) in [6.07, 6.45) is -1.33. The summed E-state index contributed by atoms with van der Waals surface area (Å²) in [5.74, 6) is -0.486. The number of sulfonamides is 1. The zero-order chi connectivity index (χ0) is 30.6. The number of nitrogens with zero attached hydrogens (tertiary/aromatic N) is 2. The van der Waals surface area contributed by atoms with Gasteiger partial charge in [0.25, 0.3) is 5.91 Å². The summed E-state index contributed by atoms with van der Waals surface area (Å²) in [6.45, 7) is -0.176. The third-order valence-corrected chi connectivity index (χ3v) is 9.41. The van der Waals surface area contributed by atoms with Gasteiger partial charge in [0.2, 0.25) is 10.0 Å². The number of halogens is 1.